The average Bonchev–Trinajstić information content (AvgIpc) is 2.55. The fourth-order valence-corrected chi connectivity index (χ4v) is 2.92. The molecular formula is C10H10BrNS. The second-order valence-corrected chi connectivity index (χ2v) is 4.91. The summed E-state index contributed by atoms with van der Waals surface area (Å²) in [5, 5.41) is 1.24. The molecule has 0 saturated heterocycles. The average molecular weight is 256 g/mol. The normalized spacial score (nSPS) is 10.9. The van der Waals surface area contributed by atoms with Crippen LogP contribution in [-0.4, -0.2) is 0 Å². The zero-order valence-corrected chi connectivity index (χ0v) is 9.71. The molecule has 2 aromatic rings. The number of hydrogen-bond acceptors (Lipinski definition) is 2. The van der Waals surface area contributed by atoms with Crippen LogP contribution in [0.25, 0.3) is 10.1 Å². The van der Waals surface area contributed by atoms with Crippen molar-refractivity contribution in [1.29, 1.82) is 0 Å². The molecule has 0 atom stereocenters. The Kier molecular flexibility index (Phi) is 2.30. The molecule has 1 heterocycles. The third-order valence-electron chi connectivity index (χ3n) is 2.06. The molecule has 0 spiro atoms. The number of hydrogen-bond donors (Lipinski definition) is 1. The van der Waals surface area contributed by atoms with Crippen molar-refractivity contribution >= 4 is 43.0 Å². The van der Waals surface area contributed by atoms with Gasteiger partial charge in [-0.1, -0.05) is 6.92 Å². The largest absolute Gasteiger partial charge is 0.398 e. The van der Waals surface area contributed by atoms with Gasteiger partial charge in [0.25, 0.3) is 0 Å². The number of thiophene rings is 1. The lowest BCUT2D eigenvalue weighted by atomic mass is 10.2. The summed E-state index contributed by atoms with van der Waals surface area (Å²) in [4.78, 5) is 1.40. The Morgan fingerprint density at radius 1 is 1.46 bits per heavy atom. The second-order valence-electron chi connectivity index (χ2n) is 2.95. The van der Waals surface area contributed by atoms with E-state index in [0.29, 0.717) is 0 Å². The van der Waals surface area contributed by atoms with Gasteiger partial charge in [-0.25, -0.2) is 0 Å². The summed E-state index contributed by atoms with van der Waals surface area (Å²) >= 11 is 5.34. The topological polar surface area (TPSA) is 26.0 Å². The van der Waals surface area contributed by atoms with Crippen molar-refractivity contribution < 1.29 is 0 Å². The van der Waals surface area contributed by atoms with E-state index in [4.69, 9.17) is 5.73 Å². The van der Waals surface area contributed by atoms with Gasteiger partial charge in [0.1, 0.15) is 0 Å². The standard InChI is InChI=1S/C10H10BrNS/c1-2-6-5-7-9(13-6)4-3-8(12)10(7)11/h3-5H,2,12H2,1H3. The molecule has 0 aliphatic carbocycles. The van der Waals surface area contributed by atoms with Crippen LogP contribution in [0, 0.1) is 0 Å². The van der Waals surface area contributed by atoms with Gasteiger partial charge in [0.2, 0.25) is 0 Å². The van der Waals surface area contributed by atoms with Crippen molar-refractivity contribution in [3.05, 3.63) is 27.5 Å². The van der Waals surface area contributed by atoms with Crippen LogP contribution in [0.1, 0.15) is 11.8 Å². The molecule has 0 fully saturated rings. The minimum absolute atomic E-state index is 0.813. The van der Waals surface area contributed by atoms with Crippen LogP contribution in [0.3, 0.4) is 0 Å². The Morgan fingerprint density at radius 3 is 2.92 bits per heavy atom. The number of halogens is 1. The first-order chi connectivity index (χ1) is 6.22. The lowest BCUT2D eigenvalue weighted by Gasteiger charge is -1.97. The first kappa shape index (κ1) is 9.03. The van der Waals surface area contributed by atoms with Crippen LogP contribution in [0.5, 0.6) is 0 Å². The molecule has 2 rings (SSSR count). The van der Waals surface area contributed by atoms with E-state index in [1.54, 1.807) is 0 Å². The molecule has 68 valence electrons. The maximum atomic E-state index is 5.79. The van der Waals surface area contributed by atoms with Crippen molar-refractivity contribution in [2.75, 3.05) is 5.73 Å². The predicted molar refractivity (Wildman–Crippen MR) is 63.3 cm³/mol. The van der Waals surface area contributed by atoms with E-state index >= 15 is 0 Å². The van der Waals surface area contributed by atoms with Gasteiger partial charge in [0.15, 0.2) is 0 Å². The lowest BCUT2D eigenvalue weighted by Crippen LogP contribution is -1.84. The Balaban J connectivity index is 2.76. The fourth-order valence-electron chi connectivity index (χ4n) is 1.32. The molecule has 0 aliphatic heterocycles. The Bertz CT molecular complexity index is 447. The summed E-state index contributed by atoms with van der Waals surface area (Å²) in [7, 11) is 0. The van der Waals surface area contributed by atoms with E-state index in [9.17, 15) is 0 Å². The molecule has 0 amide bonds. The highest BCUT2D eigenvalue weighted by molar-refractivity contribution is 9.10. The van der Waals surface area contributed by atoms with Crippen LogP contribution >= 0.6 is 27.3 Å². The van der Waals surface area contributed by atoms with Crippen LogP contribution in [-0.2, 0) is 6.42 Å². The number of fused-ring (bicyclic) bond motifs is 1. The van der Waals surface area contributed by atoms with Crippen molar-refractivity contribution in [3.63, 3.8) is 0 Å². The van der Waals surface area contributed by atoms with E-state index in [0.717, 1.165) is 16.6 Å². The number of nitrogens with two attached hydrogens (primary N) is 1. The lowest BCUT2D eigenvalue weighted by molar-refractivity contribution is 1.19. The first-order valence-electron chi connectivity index (χ1n) is 4.18. The fraction of sp³-hybridized carbons (Fsp3) is 0.200. The molecule has 2 N–H and O–H groups in total. The molecule has 3 heteroatoms. The SMILES string of the molecule is CCc1cc2c(Br)c(N)ccc2s1. The molecule has 0 radical (unpaired) electrons. The summed E-state index contributed by atoms with van der Waals surface area (Å²) in [6.45, 7) is 2.17. The molecule has 0 bridgehead atoms. The zero-order valence-electron chi connectivity index (χ0n) is 7.30. The molecule has 0 aliphatic rings. The third-order valence-corrected chi connectivity index (χ3v) is 4.19. The van der Waals surface area contributed by atoms with Gasteiger partial charge in [-0.15, -0.1) is 11.3 Å². The van der Waals surface area contributed by atoms with Crippen molar-refractivity contribution in [2.24, 2.45) is 0 Å². The minimum atomic E-state index is 0.813. The van der Waals surface area contributed by atoms with Crippen LogP contribution in [0.15, 0.2) is 22.7 Å². The number of nitrogen functional groups attached to an aromatic ring is 1. The summed E-state index contributed by atoms with van der Waals surface area (Å²) in [6.07, 6.45) is 1.09. The van der Waals surface area contributed by atoms with E-state index in [2.05, 4.69) is 35.0 Å². The predicted octanol–water partition coefficient (Wildman–Crippen LogP) is 3.81. The third kappa shape index (κ3) is 1.46. The number of anilines is 1. The number of aryl methyl sites for hydroxylation is 1. The summed E-state index contributed by atoms with van der Waals surface area (Å²) in [5.41, 5.74) is 6.61. The highest BCUT2D eigenvalue weighted by atomic mass is 79.9. The minimum Gasteiger partial charge on any atom is -0.398 e. The van der Waals surface area contributed by atoms with Crippen LogP contribution in [0.4, 0.5) is 5.69 Å². The van der Waals surface area contributed by atoms with E-state index < -0.39 is 0 Å². The van der Waals surface area contributed by atoms with Crippen LogP contribution < -0.4 is 5.73 Å². The molecule has 13 heavy (non-hydrogen) atoms. The number of rotatable bonds is 1. The summed E-state index contributed by atoms with van der Waals surface area (Å²) < 4.78 is 2.33. The van der Waals surface area contributed by atoms with Crippen molar-refractivity contribution in [2.45, 2.75) is 13.3 Å². The Morgan fingerprint density at radius 2 is 2.23 bits per heavy atom. The molecule has 1 aromatic carbocycles. The molecular weight excluding hydrogens is 246 g/mol. The summed E-state index contributed by atoms with van der Waals surface area (Å²) in [6, 6.07) is 6.24. The molecule has 0 unspecified atom stereocenters. The van der Waals surface area contributed by atoms with E-state index in [-0.39, 0.29) is 0 Å². The second kappa shape index (κ2) is 3.31. The van der Waals surface area contributed by atoms with Gasteiger partial charge in [0, 0.05) is 25.1 Å². The molecule has 1 aromatic heterocycles. The van der Waals surface area contributed by atoms with Gasteiger partial charge in [-0.3, -0.25) is 0 Å². The summed E-state index contributed by atoms with van der Waals surface area (Å²) in [5.74, 6) is 0. The van der Waals surface area contributed by atoms with E-state index in [1.807, 2.05) is 17.4 Å². The Hall–Kier alpha value is -0.540. The maximum Gasteiger partial charge on any atom is 0.0491 e. The van der Waals surface area contributed by atoms with Gasteiger partial charge in [-0.05, 0) is 40.5 Å². The zero-order chi connectivity index (χ0) is 9.42. The maximum absolute atomic E-state index is 5.79. The van der Waals surface area contributed by atoms with E-state index in [1.165, 1.54) is 15.0 Å². The van der Waals surface area contributed by atoms with Crippen LogP contribution in [0.2, 0.25) is 0 Å². The van der Waals surface area contributed by atoms with Gasteiger partial charge in [-0.2, -0.15) is 0 Å². The highest BCUT2D eigenvalue weighted by Gasteiger charge is 2.05. The van der Waals surface area contributed by atoms with Crippen molar-refractivity contribution in [1.82, 2.24) is 0 Å². The highest BCUT2D eigenvalue weighted by Crippen LogP contribution is 2.35. The van der Waals surface area contributed by atoms with Gasteiger partial charge < -0.3 is 5.73 Å². The van der Waals surface area contributed by atoms with Crippen molar-refractivity contribution in [3.8, 4) is 0 Å². The molecule has 0 saturated carbocycles. The quantitative estimate of drug-likeness (QED) is 0.771. The smallest absolute Gasteiger partial charge is 0.0491 e. The number of benzene rings is 1. The van der Waals surface area contributed by atoms with Gasteiger partial charge >= 0.3 is 0 Å². The first-order valence-corrected chi connectivity index (χ1v) is 5.79. The monoisotopic (exact) mass is 255 g/mol. The Labute approximate surface area is 89.7 Å². The van der Waals surface area contributed by atoms with Gasteiger partial charge in [0.05, 0.1) is 0 Å². The molecule has 1 nitrogen and oxygen atoms in total.